The average Bonchev–Trinajstić information content (AvgIpc) is 3.45. The van der Waals surface area contributed by atoms with E-state index in [1.807, 2.05) is 54.9 Å². The van der Waals surface area contributed by atoms with Crippen molar-refractivity contribution in [3.63, 3.8) is 0 Å². The van der Waals surface area contributed by atoms with E-state index in [9.17, 15) is 10.1 Å². The molecule has 4 aromatic rings. The number of carbonyl (C=O) groups is 1. The molecule has 1 N–H and O–H groups in total. The fourth-order valence-electron chi connectivity index (χ4n) is 3.61. The smallest absolute Gasteiger partial charge is 0.226 e. The quantitative estimate of drug-likeness (QED) is 0.427. The summed E-state index contributed by atoms with van der Waals surface area (Å²) in [5.74, 6) is 2.39. The molecule has 164 valence electrons. The molecule has 0 saturated heterocycles. The Hall–Kier alpha value is -3.58. The first kappa shape index (κ1) is 21.6. The number of thioether (sulfide) groups is 1. The fourth-order valence-corrected chi connectivity index (χ4v) is 4.54. The Morgan fingerprint density at radius 2 is 2.09 bits per heavy atom. The number of anilines is 1. The molecule has 4 aromatic heterocycles. The molecule has 0 atom stereocenters. The molecule has 0 saturated carbocycles. The predicted molar refractivity (Wildman–Crippen MR) is 121 cm³/mol. The maximum absolute atomic E-state index is 12.7. The number of hydrogen-bond donors (Lipinski definition) is 1. The van der Waals surface area contributed by atoms with Crippen molar-refractivity contribution < 1.29 is 9.21 Å². The molecule has 0 aliphatic carbocycles. The Morgan fingerprint density at radius 1 is 1.28 bits per heavy atom. The number of nitriles is 1. The summed E-state index contributed by atoms with van der Waals surface area (Å²) >= 11 is 1.44. The highest BCUT2D eigenvalue weighted by Gasteiger charge is 2.20. The zero-order chi connectivity index (χ0) is 22.8. The van der Waals surface area contributed by atoms with Crippen LogP contribution in [0.5, 0.6) is 0 Å². The monoisotopic (exact) mass is 449 g/mol. The lowest BCUT2D eigenvalue weighted by Crippen LogP contribution is -2.17. The molecule has 0 radical (unpaired) electrons. The van der Waals surface area contributed by atoms with Gasteiger partial charge in [0, 0.05) is 29.6 Å². The summed E-state index contributed by atoms with van der Waals surface area (Å²) in [6.45, 7) is 8.07. The number of nitrogens with zero attached hydrogens (tertiary/aromatic N) is 6. The Morgan fingerprint density at radius 3 is 2.81 bits per heavy atom. The summed E-state index contributed by atoms with van der Waals surface area (Å²) < 4.78 is 9.24. The number of aromatic nitrogens is 5. The van der Waals surface area contributed by atoms with Gasteiger partial charge in [-0.25, -0.2) is 4.98 Å². The number of hydrogen-bond acceptors (Lipinski definition) is 7. The highest BCUT2D eigenvalue weighted by atomic mass is 32.2. The molecule has 0 bridgehead atoms. The van der Waals surface area contributed by atoms with Crippen LogP contribution in [0.4, 0.5) is 5.82 Å². The molecule has 0 aliphatic rings. The molecule has 0 aromatic carbocycles. The van der Waals surface area contributed by atoms with Crippen molar-refractivity contribution in [1.29, 1.82) is 5.26 Å². The number of carbonyl (C=O) groups excluding carboxylic acids is 1. The van der Waals surface area contributed by atoms with Crippen molar-refractivity contribution in [2.45, 2.75) is 45.8 Å². The SMILES string of the molecule is Cc1cc2nnc(SCCC(=O)Nc3c(C#N)c(C)c(C)n3Cc3ccco3)n2c(C)n1. The molecule has 32 heavy (non-hydrogen) atoms. The zero-order valence-electron chi connectivity index (χ0n) is 18.3. The molecule has 1 amide bonds. The lowest BCUT2D eigenvalue weighted by molar-refractivity contribution is -0.115. The maximum atomic E-state index is 12.7. The van der Waals surface area contributed by atoms with Crippen LogP contribution in [-0.4, -0.2) is 35.8 Å². The number of fused-ring (bicyclic) bond motifs is 1. The molecule has 0 unspecified atom stereocenters. The van der Waals surface area contributed by atoms with Gasteiger partial charge in [-0.2, -0.15) is 5.26 Å². The van der Waals surface area contributed by atoms with Gasteiger partial charge in [0.15, 0.2) is 10.8 Å². The molecule has 10 heteroatoms. The molecule has 0 fully saturated rings. The van der Waals surface area contributed by atoms with Gasteiger partial charge in [-0.1, -0.05) is 11.8 Å². The van der Waals surface area contributed by atoms with Gasteiger partial charge in [0.2, 0.25) is 5.91 Å². The fraction of sp³-hybridized carbons (Fsp3) is 0.318. The maximum Gasteiger partial charge on any atom is 0.226 e. The van der Waals surface area contributed by atoms with Crippen molar-refractivity contribution in [3.8, 4) is 6.07 Å². The van der Waals surface area contributed by atoms with Crippen LogP contribution in [-0.2, 0) is 11.3 Å². The van der Waals surface area contributed by atoms with Crippen molar-refractivity contribution in [3.05, 3.63) is 58.6 Å². The number of furan rings is 1. The second kappa shape index (κ2) is 8.88. The summed E-state index contributed by atoms with van der Waals surface area (Å²) in [6.07, 6.45) is 1.86. The van der Waals surface area contributed by atoms with Crippen LogP contribution in [0, 0.1) is 39.0 Å². The Bertz CT molecular complexity index is 1330. The van der Waals surface area contributed by atoms with Crippen LogP contribution in [0.1, 0.15) is 40.5 Å². The van der Waals surface area contributed by atoms with E-state index < -0.39 is 0 Å². The van der Waals surface area contributed by atoms with E-state index in [-0.39, 0.29) is 12.3 Å². The molecular weight excluding hydrogens is 426 g/mol. The standard InChI is InChI=1S/C22H23N7O2S/c1-13-10-19-26-27-22(29(19)16(4)24-13)32-9-7-20(30)25-21-18(11-23)14(2)15(3)28(21)12-17-6-5-8-31-17/h5-6,8,10H,7,9,12H2,1-4H3,(H,25,30). The van der Waals surface area contributed by atoms with Gasteiger partial charge in [0.05, 0.1) is 18.4 Å². The summed E-state index contributed by atoms with van der Waals surface area (Å²) in [6, 6.07) is 7.77. The van der Waals surface area contributed by atoms with E-state index in [1.165, 1.54) is 11.8 Å². The van der Waals surface area contributed by atoms with Crippen LogP contribution in [0.25, 0.3) is 5.65 Å². The Labute approximate surface area is 189 Å². The van der Waals surface area contributed by atoms with Crippen LogP contribution >= 0.6 is 11.8 Å². The Balaban J connectivity index is 1.47. The summed E-state index contributed by atoms with van der Waals surface area (Å²) in [5.41, 5.74) is 3.85. The normalized spacial score (nSPS) is 11.1. The average molecular weight is 450 g/mol. The van der Waals surface area contributed by atoms with Crippen molar-refractivity contribution in [2.75, 3.05) is 11.1 Å². The zero-order valence-corrected chi connectivity index (χ0v) is 19.2. The van der Waals surface area contributed by atoms with Gasteiger partial charge in [0.25, 0.3) is 0 Å². The molecule has 4 rings (SSSR count). The Kier molecular flexibility index (Phi) is 6.01. The predicted octanol–water partition coefficient (Wildman–Crippen LogP) is 3.79. The summed E-state index contributed by atoms with van der Waals surface area (Å²) in [4.78, 5) is 17.2. The minimum absolute atomic E-state index is 0.174. The van der Waals surface area contributed by atoms with Gasteiger partial charge < -0.3 is 14.3 Å². The third-order valence-corrected chi connectivity index (χ3v) is 6.24. The van der Waals surface area contributed by atoms with Crippen LogP contribution < -0.4 is 5.32 Å². The van der Waals surface area contributed by atoms with Gasteiger partial charge in [-0.05, 0) is 45.4 Å². The van der Waals surface area contributed by atoms with Crippen LogP contribution in [0.3, 0.4) is 0 Å². The van der Waals surface area contributed by atoms with E-state index in [2.05, 4.69) is 26.6 Å². The van der Waals surface area contributed by atoms with E-state index >= 15 is 0 Å². The van der Waals surface area contributed by atoms with E-state index in [0.29, 0.717) is 28.8 Å². The molecule has 0 spiro atoms. The lowest BCUT2D eigenvalue weighted by Gasteiger charge is -2.12. The first-order valence-corrected chi connectivity index (χ1v) is 11.1. The summed E-state index contributed by atoms with van der Waals surface area (Å²) in [7, 11) is 0. The second-order valence-electron chi connectivity index (χ2n) is 7.48. The van der Waals surface area contributed by atoms with Gasteiger partial charge in [-0.15, -0.1) is 10.2 Å². The van der Waals surface area contributed by atoms with E-state index in [1.54, 1.807) is 6.26 Å². The van der Waals surface area contributed by atoms with E-state index in [4.69, 9.17) is 4.42 Å². The van der Waals surface area contributed by atoms with Crippen LogP contribution in [0.15, 0.2) is 34.0 Å². The number of amides is 1. The first-order valence-electron chi connectivity index (χ1n) is 10.1. The highest BCUT2D eigenvalue weighted by molar-refractivity contribution is 7.99. The van der Waals surface area contributed by atoms with Gasteiger partial charge in [-0.3, -0.25) is 9.20 Å². The number of aryl methyl sites for hydroxylation is 2. The minimum Gasteiger partial charge on any atom is -0.467 e. The molecule has 4 heterocycles. The lowest BCUT2D eigenvalue weighted by atomic mass is 10.2. The largest absolute Gasteiger partial charge is 0.467 e. The van der Waals surface area contributed by atoms with E-state index in [0.717, 1.165) is 34.2 Å². The summed E-state index contributed by atoms with van der Waals surface area (Å²) in [5, 5.41) is 21.7. The highest BCUT2D eigenvalue weighted by Crippen LogP contribution is 2.28. The molecular formula is C22H23N7O2S. The topological polar surface area (TPSA) is 114 Å². The third kappa shape index (κ3) is 4.11. The van der Waals surface area contributed by atoms with Crippen LogP contribution in [0.2, 0.25) is 0 Å². The molecule has 0 aliphatic heterocycles. The van der Waals surface area contributed by atoms with Crippen molar-refractivity contribution in [1.82, 2.24) is 24.1 Å². The number of rotatable bonds is 7. The van der Waals surface area contributed by atoms with Crippen molar-refractivity contribution in [2.24, 2.45) is 0 Å². The first-order chi connectivity index (χ1) is 15.4. The minimum atomic E-state index is -0.174. The number of nitrogens with one attached hydrogen (secondary N) is 1. The van der Waals surface area contributed by atoms with Crippen molar-refractivity contribution >= 4 is 29.1 Å². The molecule has 9 nitrogen and oxygen atoms in total. The third-order valence-electron chi connectivity index (χ3n) is 5.31. The van der Waals surface area contributed by atoms with Gasteiger partial charge in [0.1, 0.15) is 23.5 Å². The second-order valence-corrected chi connectivity index (χ2v) is 8.54. The van der Waals surface area contributed by atoms with Gasteiger partial charge >= 0.3 is 0 Å².